The molecule has 0 bridgehead atoms. The van der Waals surface area contributed by atoms with Gasteiger partial charge in [0, 0.05) is 16.3 Å². The summed E-state index contributed by atoms with van der Waals surface area (Å²) in [4.78, 5) is 26.7. The van der Waals surface area contributed by atoms with Crippen LogP contribution in [-0.4, -0.2) is 23.3 Å². The van der Waals surface area contributed by atoms with Crippen molar-refractivity contribution in [3.8, 4) is 0 Å². The number of ether oxygens (including phenoxy) is 1. The molecule has 0 radical (unpaired) electrons. The number of aromatic amines is 1. The lowest BCUT2D eigenvalue weighted by Crippen LogP contribution is -2.14. The normalized spacial score (nSPS) is 10.8. The standard InChI is InChI=1S/C15H9ClFNO3S/c16-13-9-4-3-8(17)6-12(9)22-14(13)15(20)21-7-11(19)10-2-1-5-18-10/h1-6,18H,7H2. The van der Waals surface area contributed by atoms with Crippen LogP contribution in [0.3, 0.4) is 0 Å². The average molecular weight is 338 g/mol. The molecular weight excluding hydrogens is 329 g/mol. The van der Waals surface area contributed by atoms with Crippen molar-refractivity contribution in [1.29, 1.82) is 0 Å². The Kier molecular flexibility index (Phi) is 3.96. The summed E-state index contributed by atoms with van der Waals surface area (Å²) in [7, 11) is 0. The Balaban J connectivity index is 1.78. The molecule has 4 nitrogen and oxygen atoms in total. The van der Waals surface area contributed by atoms with Crippen LogP contribution in [0.2, 0.25) is 5.02 Å². The van der Waals surface area contributed by atoms with E-state index in [-0.39, 0.29) is 15.7 Å². The number of H-pyrrole nitrogens is 1. The van der Waals surface area contributed by atoms with Gasteiger partial charge in [-0.2, -0.15) is 0 Å². The maximum atomic E-state index is 13.2. The number of fused-ring (bicyclic) bond motifs is 1. The van der Waals surface area contributed by atoms with Crippen molar-refractivity contribution >= 4 is 44.8 Å². The van der Waals surface area contributed by atoms with E-state index in [0.717, 1.165) is 11.3 Å². The highest BCUT2D eigenvalue weighted by molar-refractivity contribution is 7.21. The smallest absolute Gasteiger partial charge is 0.350 e. The minimum absolute atomic E-state index is 0.154. The molecule has 3 aromatic rings. The van der Waals surface area contributed by atoms with E-state index in [1.54, 1.807) is 18.3 Å². The van der Waals surface area contributed by atoms with E-state index in [1.807, 2.05) is 0 Å². The molecule has 2 aromatic heterocycles. The summed E-state index contributed by atoms with van der Waals surface area (Å²) >= 11 is 7.14. The van der Waals surface area contributed by atoms with Gasteiger partial charge in [0.2, 0.25) is 5.78 Å². The number of carbonyl (C=O) groups is 2. The SMILES string of the molecule is O=C(COC(=O)c1sc2cc(F)ccc2c1Cl)c1ccc[nH]1. The number of esters is 1. The third kappa shape index (κ3) is 2.75. The molecule has 0 atom stereocenters. The Bertz CT molecular complexity index is 857. The van der Waals surface area contributed by atoms with Gasteiger partial charge in [-0.1, -0.05) is 11.6 Å². The van der Waals surface area contributed by atoms with Crippen molar-refractivity contribution in [3.05, 3.63) is 57.9 Å². The first kappa shape index (κ1) is 14.7. The molecule has 0 spiro atoms. The number of carbonyl (C=O) groups excluding carboxylic acids is 2. The highest BCUT2D eigenvalue weighted by atomic mass is 35.5. The second kappa shape index (κ2) is 5.90. The topological polar surface area (TPSA) is 59.2 Å². The Morgan fingerprint density at radius 2 is 2.14 bits per heavy atom. The van der Waals surface area contributed by atoms with Crippen LogP contribution in [0.1, 0.15) is 20.2 Å². The molecule has 112 valence electrons. The zero-order valence-corrected chi connectivity index (χ0v) is 12.6. The highest BCUT2D eigenvalue weighted by Crippen LogP contribution is 2.36. The van der Waals surface area contributed by atoms with Crippen LogP contribution in [-0.2, 0) is 4.74 Å². The molecular formula is C15H9ClFNO3S. The molecule has 22 heavy (non-hydrogen) atoms. The fourth-order valence-electron chi connectivity index (χ4n) is 1.95. The number of hydrogen-bond acceptors (Lipinski definition) is 4. The van der Waals surface area contributed by atoms with Crippen LogP contribution in [0.5, 0.6) is 0 Å². The van der Waals surface area contributed by atoms with Crippen LogP contribution in [0.25, 0.3) is 10.1 Å². The number of ketones is 1. The largest absolute Gasteiger partial charge is 0.453 e. The highest BCUT2D eigenvalue weighted by Gasteiger charge is 2.20. The fourth-order valence-corrected chi connectivity index (χ4v) is 3.38. The van der Waals surface area contributed by atoms with Crippen LogP contribution >= 0.6 is 22.9 Å². The number of hydrogen-bond donors (Lipinski definition) is 1. The van der Waals surface area contributed by atoms with Gasteiger partial charge in [0.1, 0.15) is 10.7 Å². The van der Waals surface area contributed by atoms with Crippen LogP contribution < -0.4 is 0 Å². The van der Waals surface area contributed by atoms with Gasteiger partial charge < -0.3 is 9.72 Å². The number of halogens is 2. The summed E-state index contributed by atoms with van der Waals surface area (Å²) in [6.45, 7) is -0.391. The van der Waals surface area contributed by atoms with Crippen molar-refractivity contribution in [3.63, 3.8) is 0 Å². The predicted octanol–water partition coefficient (Wildman–Crippen LogP) is 4.06. The first-order valence-corrected chi connectivity index (χ1v) is 7.47. The molecule has 0 saturated carbocycles. The van der Waals surface area contributed by atoms with Gasteiger partial charge in [-0.15, -0.1) is 11.3 Å². The molecule has 1 aromatic carbocycles. The zero-order valence-electron chi connectivity index (χ0n) is 11.1. The van der Waals surface area contributed by atoms with Gasteiger partial charge in [0.05, 0.1) is 10.7 Å². The van der Waals surface area contributed by atoms with Crippen molar-refractivity contribution < 1.29 is 18.7 Å². The first-order chi connectivity index (χ1) is 10.6. The van der Waals surface area contributed by atoms with Crippen molar-refractivity contribution in [1.82, 2.24) is 4.98 Å². The summed E-state index contributed by atoms with van der Waals surface area (Å²) in [5.74, 6) is -1.46. The maximum absolute atomic E-state index is 13.2. The Morgan fingerprint density at radius 3 is 2.86 bits per heavy atom. The van der Waals surface area contributed by atoms with Gasteiger partial charge in [0.15, 0.2) is 6.61 Å². The van der Waals surface area contributed by atoms with Gasteiger partial charge in [0.25, 0.3) is 0 Å². The Hall–Kier alpha value is -2.18. The third-order valence-corrected chi connectivity index (χ3v) is 4.65. The van der Waals surface area contributed by atoms with E-state index in [4.69, 9.17) is 16.3 Å². The van der Waals surface area contributed by atoms with Crippen LogP contribution in [0.4, 0.5) is 4.39 Å². The monoisotopic (exact) mass is 337 g/mol. The van der Waals surface area contributed by atoms with Crippen LogP contribution in [0.15, 0.2) is 36.5 Å². The number of benzene rings is 1. The number of nitrogens with one attached hydrogen (secondary N) is 1. The number of Topliss-reactive ketones (excluding diaryl/α,β-unsaturated/α-hetero) is 1. The van der Waals surface area contributed by atoms with Gasteiger partial charge in [-0.05, 0) is 30.3 Å². The molecule has 0 aliphatic rings. The van der Waals surface area contributed by atoms with E-state index < -0.39 is 18.4 Å². The minimum atomic E-state index is -0.702. The Morgan fingerprint density at radius 1 is 1.32 bits per heavy atom. The summed E-state index contributed by atoms with van der Waals surface area (Å²) < 4.78 is 18.7. The van der Waals surface area contributed by atoms with E-state index in [2.05, 4.69) is 4.98 Å². The molecule has 2 heterocycles. The molecule has 0 fully saturated rings. The quantitative estimate of drug-likeness (QED) is 0.577. The molecule has 0 aliphatic heterocycles. The van der Waals surface area contributed by atoms with Gasteiger partial charge in [-0.25, -0.2) is 9.18 Å². The number of thiophene rings is 1. The summed E-state index contributed by atoms with van der Waals surface area (Å²) in [6, 6.07) is 7.33. The Labute approximate surface area is 133 Å². The molecule has 0 amide bonds. The minimum Gasteiger partial charge on any atom is -0.453 e. The molecule has 0 unspecified atom stereocenters. The summed E-state index contributed by atoms with van der Waals surface area (Å²) in [5, 5.41) is 0.785. The number of rotatable bonds is 4. The first-order valence-electron chi connectivity index (χ1n) is 6.27. The van der Waals surface area contributed by atoms with E-state index in [0.29, 0.717) is 15.8 Å². The lowest BCUT2D eigenvalue weighted by atomic mass is 10.2. The number of aromatic nitrogens is 1. The molecule has 3 rings (SSSR count). The molecule has 1 N–H and O–H groups in total. The summed E-state index contributed by atoms with van der Waals surface area (Å²) in [5.41, 5.74) is 0.359. The lowest BCUT2D eigenvalue weighted by molar-refractivity contribution is 0.0478. The van der Waals surface area contributed by atoms with Crippen molar-refractivity contribution in [2.24, 2.45) is 0 Å². The zero-order chi connectivity index (χ0) is 15.7. The van der Waals surface area contributed by atoms with Crippen LogP contribution in [0, 0.1) is 5.82 Å². The lowest BCUT2D eigenvalue weighted by Gasteiger charge is -2.02. The predicted molar refractivity (Wildman–Crippen MR) is 82.2 cm³/mol. The van der Waals surface area contributed by atoms with Crippen molar-refractivity contribution in [2.45, 2.75) is 0 Å². The fraction of sp³-hybridized carbons (Fsp3) is 0.0667. The van der Waals surface area contributed by atoms with Gasteiger partial charge >= 0.3 is 5.97 Å². The molecule has 0 aliphatic carbocycles. The summed E-state index contributed by atoms with van der Waals surface area (Å²) in [6.07, 6.45) is 1.60. The second-order valence-electron chi connectivity index (χ2n) is 4.47. The van der Waals surface area contributed by atoms with Crippen molar-refractivity contribution in [2.75, 3.05) is 6.61 Å². The molecule has 7 heteroatoms. The van der Waals surface area contributed by atoms with Gasteiger partial charge in [-0.3, -0.25) is 4.79 Å². The third-order valence-electron chi connectivity index (χ3n) is 3.01. The van der Waals surface area contributed by atoms with E-state index in [9.17, 15) is 14.0 Å². The average Bonchev–Trinajstić information content (AvgIpc) is 3.13. The second-order valence-corrected chi connectivity index (χ2v) is 5.90. The van der Waals surface area contributed by atoms with E-state index in [1.165, 1.54) is 18.2 Å². The maximum Gasteiger partial charge on any atom is 0.350 e. The van der Waals surface area contributed by atoms with E-state index >= 15 is 0 Å². The molecule has 0 saturated heterocycles.